The van der Waals surface area contributed by atoms with Gasteiger partial charge in [0.15, 0.2) is 0 Å². The number of carbonyl (C=O) groups excluding carboxylic acids is 1. The maximum Gasteiger partial charge on any atom is 0.245 e. The van der Waals surface area contributed by atoms with Gasteiger partial charge in [-0.25, -0.2) is 0 Å². The summed E-state index contributed by atoms with van der Waals surface area (Å²) in [6, 6.07) is 0. The van der Waals surface area contributed by atoms with Crippen molar-refractivity contribution in [1.82, 2.24) is 10.2 Å². The molecule has 0 saturated carbocycles. The van der Waals surface area contributed by atoms with Gasteiger partial charge in [-0.15, -0.1) is 0 Å². The molecule has 18 heavy (non-hydrogen) atoms. The maximum absolute atomic E-state index is 10.9. The number of hydrogen-bond acceptors (Lipinski definition) is 3. The van der Waals surface area contributed by atoms with E-state index in [9.17, 15) is 4.79 Å². The summed E-state index contributed by atoms with van der Waals surface area (Å²) in [4.78, 5) is 13.5. The zero-order chi connectivity index (χ0) is 13.2. The molecule has 1 aliphatic rings. The molecule has 1 amide bonds. The summed E-state index contributed by atoms with van der Waals surface area (Å²) in [5, 5.41) is 2.54. The maximum atomic E-state index is 10.9. The molecule has 0 aromatic carbocycles. The van der Waals surface area contributed by atoms with E-state index in [1.165, 1.54) is 45.3 Å². The second-order valence-corrected chi connectivity index (χ2v) is 5.31. The molecule has 0 aliphatic carbocycles. The minimum absolute atomic E-state index is 0.0440. The van der Waals surface area contributed by atoms with Crippen LogP contribution in [0.25, 0.3) is 0 Å². The third-order valence-electron chi connectivity index (χ3n) is 3.65. The standard InChI is InChI=1S/C14H28N2O2/c1-13-6-9-16(10-7-13)8-4-3-5-11-18-12-14(17)15-2/h13H,3-12H2,1-2H3,(H,15,17). The zero-order valence-corrected chi connectivity index (χ0v) is 11.9. The molecule has 0 spiro atoms. The van der Waals surface area contributed by atoms with Gasteiger partial charge in [0.2, 0.25) is 5.91 Å². The lowest BCUT2D eigenvalue weighted by Gasteiger charge is -2.30. The van der Waals surface area contributed by atoms with Crippen molar-refractivity contribution in [3.8, 4) is 0 Å². The third-order valence-corrected chi connectivity index (χ3v) is 3.65. The van der Waals surface area contributed by atoms with E-state index in [2.05, 4.69) is 17.1 Å². The van der Waals surface area contributed by atoms with Crippen molar-refractivity contribution in [1.29, 1.82) is 0 Å². The Bertz CT molecular complexity index is 226. The Morgan fingerprint density at radius 2 is 2.00 bits per heavy atom. The Kier molecular flexibility index (Phi) is 8.01. The topological polar surface area (TPSA) is 41.6 Å². The van der Waals surface area contributed by atoms with Gasteiger partial charge < -0.3 is 15.0 Å². The number of likely N-dealkylation sites (tertiary alicyclic amines) is 1. The number of nitrogens with one attached hydrogen (secondary N) is 1. The molecule has 0 unspecified atom stereocenters. The van der Waals surface area contributed by atoms with E-state index < -0.39 is 0 Å². The van der Waals surface area contributed by atoms with Crippen LogP contribution in [0.5, 0.6) is 0 Å². The molecular formula is C14H28N2O2. The number of nitrogens with zero attached hydrogens (tertiary/aromatic N) is 1. The highest BCUT2D eigenvalue weighted by Gasteiger charge is 2.14. The highest BCUT2D eigenvalue weighted by atomic mass is 16.5. The first-order chi connectivity index (χ1) is 8.72. The molecule has 1 aliphatic heterocycles. The first kappa shape index (κ1) is 15.4. The first-order valence-electron chi connectivity index (χ1n) is 7.23. The summed E-state index contributed by atoms with van der Waals surface area (Å²) in [6.07, 6.45) is 6.21. The molecule has 0 aromatic rings. The Labute approximate surface area is 111 Å². The molecule has 1 saturated heterocycles. The van der Waals surface area contributed by atoms with Gasteiger partial charge in [0.25, 0.3) is 0 Å². The van der Waals surface area contributed by atoms with Crippen molar-refractivity contribution >= 4 is 5.91 Å². The summed E-state index contributed by atoms with van der Waals surface area (Å²) in [6.45, 7) is 7.01. The summed E-state index contributed by atoms with van der Waals surface area (Å²) in [7, 11) is 1.63. The molecular weight excluding hydrogens is 228 g/mol. The highest BCUT2D eigenvalue weighted by Crippen LogP contribution is 2.16. The Balaban J connectivity index is 1.85. The average Bonchev–Trinajstić information content (AvgIpc) is 2.39. The van der Waals surface area contributed by atoms with Crippen LogP contribution in [-0.2, 0) is 9.53 Å². The highest BCUT2D eigenvalue weighted by molar-refractivity contribution is 5.76. The quantitative estimate of drug-likeness (QED) is 0.671. The van der Waals surface area contributed by atoms with Crippen molar-refractivity contribution in [3.63, 3.8) is 0 Å². The summed E-state index contributed by atoms with van der Waals surface area (Å²) >= 11 is 0. The minimum Gasteiger partial charge on any atom is -0.372 e. The lowest BCUT2D eigenvalue weighted by Crippen LogP contribution is -2.33. The molecule has 1 rings (SSSR count). The summed E-state index contributed by atoms with van der Waals surface area (Å²) in [5.41, 5.74) is 0. The monoisotopic (exact) mass is 256 g/mol. The van der Waals surface area contributed by atoms with Crippen LogP contribution in [0.2, 0.25) is 0 Å². The third kappa shape index (κ3) is 6.97. The van der Waals surface area contributed by atoms with E-state index >= 15 is 0 Å². The molecule has 4 nitrogen and oxygen atoms in total. The number of carbonyl (C=O) groups is 1. The number of amides is 1. The van der Waals surface area contributed by atoms with Crippen molar-refractivity contribution < 1.29 is 9.53 Å². The lowest BCUT2D eigenvalue weighted by atomic mass is 9.99. The van der Waals surface area contributed by atoms with Crippen LogP contribution in [0.4, 0.5) is 0 Å². The molecule has 1 heterocycles. The molecule has 0 bridgehead atoms. The van der Waals surface area contributed by atoms with Crippen LogP contribution in [0, 0.1) is 5.92 Å². The van der Waals surface area contributed by atoms with Gasteiger partial charge in [-0.05, 0) is 57.7 Å². The second kappa shape index (κ2) is 9.34. The van der Waals surface area contributed by atoms with Gasteiger partial charge in [-0.2, -0.15) is 0 Å². The van der Waals surface area contributed by atoms with E-state index in [0.29, 0.717) is 6.61 Å². The predicted molar refractivity (Wildman–Crippen MR) is 73.6 cm³/mol. The number of unbranched alkanes of at least 4 members (excludes halogenated alkanes) is 2. The van der Waals surface area contributed by atoms with E-state index in [1.807, 2.05) is 0 Å². The molecule has 1 N–H and O–H groups in total. The Morgan fingerprint density at radius 3 is 2.67 bits per heavy atom. The first-order valence-corrected chi connectivity index (χ1v) is 7.23. The van der Waals surface area contributed by atoms with Gasteiger partial charge in [-0.1, -0.05) is 6.92 Å². The van der Waals surface area contributed by atoms with Crippen LogP contribution in [0.15, 0.2) is 0 Å². The largest absolute Gasteiger partial charge is 0.372 e. The molecule has 4 heteroatoms. The molecule has 0 aromatic heterocycles. The molecule has 1 fully saturated rings. The van der Waals surface area contributed by atoms with Gasteiger partial charge >= 0.3 is 0 Å². The summed E-state index contributed by atoms with van der Waals surface area (Å²) < 4.78 is 5.27. The zero-order valence-electron chi connectivity index (χ0n) is 11.9. The van der Waals surface area contributed by atoms with Crippen molar-refractivity contribution in [2.24, 2.45) is 5.92 Å². The minimum atomic E-state index is -0.0440. The van der Waals surface area contributed by atoms with Gasteiger partial charge in [-0.3, -0.25) is 4.79 Å². The number of likely N-dealkylation sites (N-methyl/N-ethyl adjacent to an activating group) is 1. The van der Waals surface area contributed by atoms with Gasteiger partial charge in [0.05, 0.1) is 0 Å². The lowest BCUT2D eigenvalue weighted by molar-refractivity contribution is -0.125. The molecule has 106 valence electrons. The van der Waals surface area contributed by atoms with Crippen LogP contribution in [0.3, 0.4) is 0 Å². The van der Waals surface area contributed by atoms with Crippen LogP contribution >= 0.6 is 0 Å². The van der Waals surface area contributed by atoms with E-state index in [0.717, 1.165) is 12.3 Å². The fourth-order valence-electron chi connectivity index (χ4n) is 2.24. The fraction of sp³-hybridized carbons (Fsp3) is 0.929. The van der Waals surface area contributed by atoms with Crippen molar-refractivity contribution in [2.75, 3.05) is 39.9 Å². The molecule has 0 atom stereocenters. The van der Waals surface area contributed by atoms with Gasteiger partial charge in [0, 0.05) is 13.7 Å². The predicted octanol–water partition coefficient (Wildman–Crippen LogP) is 1.65. The fourth-order valence-corrected chi connectivity index (χ4v) is 2.24. The van der Waals surface area contributed by atoms with E-state index in [4.69, 9.17) is 4.74 Å². The number of piperidine rings is 1. The second-order valence-electron chi connectivity index (χ2n) is 5.31. The summed E-state index contributed by atoms with van der Waals surface area (Å²) in [5.74, 6) is 0.872. The number of hydrogen-bond donors (Lipinski definition) is 1. The van der Waals surface area contributed by atoms with Crippen LogP contribution in [0.1, 0.15) is 39.0 Å². The van der Waals surface area contributed by atoms with Crippen molar-refractivity contribution in [2.45, 2.75) is 39.0 Å². The average molecular weight is 256 g/mol. The van der Waals surface area contributed by atoms with Crippen LogP contribution in [-0.4, -0.2) is 50.7 Å². The molecule has 0 radical (unpaired) electrons. The van der Waals surface area contributed by atoms with Gasteiger partial charge in [0.1, 0.15) is 6.61 Å². The smallest absolute Gasteiger partial charge is 0.245 e. The van der Waals surface area contributed by atoms with Crippen LogP contribution < -0.4 is 5.32 Å². The Hall–Kier alpha value is -0.610. The number of ether oxygens (including phenoxy) is 1. The number of rotatable bonds is 8. The normalized spacial score (nSPS) is 17.9. The van der Waals surface area contributed by atoms with E-state index in [1.54, 1.807) is 7.05 Å². The van der Waals surface area contributed by atoms with E-state index in [-0.39, 0.29) is 12.5 Å². The SMILES string of the molecule is CNC(=O)COCCCCCN1CCC(C)CC1. The Morgan fingerprint density at radius 1 is 1.28 bits per heavy atom. The van der Waals surface area contributed by atoms with Crippen molar-refractivity contribution in [3.05, 3.63) is 0 Å².